The lowest BCUT2D eigenvalue weighted by Gasteiger charge is -2.16. The third-order valence-electron chi connectivity index (χ3n) is 2.14. The Balaban J connectivity index is 2.80. The Morgan fingerprint density at radius 3 is 2.69 bits per heavy atom. The highest BCUT2D eigenvalue weighted by Gasteiger charge is 2.11. The standard InChI is InChI=1S/C10H19N3/c1-5-11-9(4)10-6-7-12-13(10)8(2)3/h6-9,11H,5H2,1-4H3. The highest BCUT2D eigenvalue weighted by Crippen LogP contribution is 2.15. The lowest BCUT2D eigenvalue weighted by Crippen LogP contribution is -2.21. The van der Waals surface area contributed by atoms with Crippen LogP contribution in [0.5, 0.6) is 0 Å². The minimum atomic E-state index is 0.384. The van der Waals surface area contributed by atoms with Crippen molar-refractivity contribution in [3.8, 4) is 0 Å². The Labute approximate surface area is 80.1 Å². The van der Waals surface area contributed by atoms with Crippen molar-refractivity contribution in [1.29, 1.82) is 0 Å². The maximum atomic E-state index is 4.30. The van der Waals surface area contributed by atoms with E-state index in [1.165, 1.54) is 5.69 Å². The summed E-state index contributed by atoms with van der Waals surface area (Å²) in [6.45, 7) is 9.57. The molecule has 1 atom stereocenters. The third kappa shape index (κ3) is 2.31. The Hall–Kier alpha value is -0.830. The molecule has 3 nitrogen and oxygen atoms in total. The fourth-order valence-corrected chi connectivity index (χ4v) is 1.51. The summed E-state index contributed by atoms with van der Waals surface area (Å²) in [7, 11) is 0. The van der Waals surface area contributed by atoms with E-state index in [-0.39, 0.29) is 0 Å². The summed E-state index contributed by atoms with van der Waals surface area (Å²) in [6.07, 6.45) is 1.86. The molecule has 0 amide bonds. The van der Waals surface area contributed by atoms with Gasteiger partial charge in [0.15, 0.2) is 0 Å². The first-order valence-corrected chi connectivity index (χ1v) is 4.93. The first-order chi connectivity index (χ1) is 6.16. The molecular weight excluding hydrogens is 162 g/mol. The summed E-state index contributed by atoms with van der Waals surface area (Å²) >= 11 is 0. The van der Waals surface area contributed by atoms with Gasteiger partial charge >= 0.3 is 0 Å². The average molecular weight is 181 g/mol. The highest BCUT2D eigenvalue weighted by atomic mass is 15.3. The Morgan fingerprint density at radius 2 is 2.15 bits per heavy atom. The van der Waals surface area contributed by atoms with E-state index in [9.17, 15) is 0 Å². The number of aromatic nitrogens is 2. The SMILES string of the molecule is CCNC(C)c1ccnn1C(C)C. The van der Waals surface area contributed by atoms with E-state index in [1.54, 1.807) is 0 Å². The molecule has 0 aliphatic heterocycles. The van der Waals surface area contributed by atoms with Gasteiger partial charge in [0.05, 0.1) is 5.69 Å². The molecule has 1 N–H and O–H groups in total. The number of rotatable bonds is 4. The quantitative estimate of drug-likeness (QED) is 0.771. The van der Waals surface area contributed by atoms with Gasteiger partial charge in [0, 0.05) is 18.3 Å². The van der Waals surface area contributed by atoms with Crippen molar-refractivity contribution in [2.24, 2.45) is 0 Å². The summed E-state index contributed by atoms with van der Waals surface area (Å²) < 4.78 is 2.06. The molecule has 0 aliphatic rings. The molecule has 0 fully saturated rings. The van der Waals surface area contributed by atoms with Crippen LogP contribution >= 0.6 is 0 Å². The predicted molar refractivity (Wildman–Crippen MR) is 54.7 cm³/mol. The second-order valence-electron chi connectivity index (χ2n) is 3.57. The van der Waals surface area contributed by atoms with Gasteiger partial charge in [-0.2, -0.15) is 5.10 Å². The lowest BCUT2D eigenvalue weighted by molar-refractivity contribution is 0.465. The first kappa shape index (κ1) is 10.3. The second-order valence-corrected chi connectivity index (χ2v) is 3.57. The molecule has 0 spiro atoms. The van der Waals surface area contributed by atoms with Crippen LogP contribution in [-0.4, -0.2) is 16.3 Å². The van der Waals surface area contributed by atoms with E-state index in [4.69, 9.17) is 0 Å². The number of nitrogens with zero attached hydrogens (tertiary/aromatic N) is 2. The van der Waals surface area contributed by atoms with Crippen molar-refractivity contribution < 1.29 is 0 Å². The fourth-order valence-electron chi connectivity index (χ4n) is 1.51. The van der Waals surface area contributed by atoms with Crippen molar-refractivity contribution in [2.45, 2.75) is 39.8 Å². The Kier molecular flexibility index (Phi) is 3.48. The van der Waals surface area contributed by atoms with Gasteiger partial charge in [-0.1, -0.05) is 6.92 Å². The monoisotopic (exact) mass is 181 g/mol. The van der Waals surface area contributed by atoms with Crippen LogP contribution in [0.2, 0.25) is 0 Å². The van der Waals surface area contributed by atoms with Crippen molar-refractivity contribution in [3.05, 3.63) is 18.0 Å². The van der Waals surface area contributed by atoms with Gasteiger partial charge in [-0.25, -0.2) is 0 Å². The molecule has 13 heavy (non-hydrogen) atoms. The number of hydrogen-bond acceptors (Lipinski definition) is 2. The summed E-state index contributed by atoms with van der Waals surface area (Å²) in [5.41, 5.74) is 1.26. The van der Waals surface area contributed by atoms with Crippen LogP contribution in [0.4, 0.5) is 0 Å². The number of nitrogens with one attached hydrogen (secondary N) is 1. The van der Waals surface area contributed by atoms with Crippen LogP contribution in [0.1, 0.15) is 45.5 Å². The van der Waals surface area contributed by atoms with Crippen LogP contribution in [0.3, 0.4) is 0 Å². The summed E-state index contributed by atoms with van der Waals surface area (Å²) in [6, 6.07) is 2.90. The van der Waals surface area contributed by atoms with Gasteiger partial charge in [0.1, 0.15) is 0 Å². The van der Waals surface area contributed by atoms with Crippen LogP contribution in [0.25, 0.3) is 0 Å². The summed E-state index contributed by atoms with van der Waals surface area (Å²) in [5, 5.41) is 7.68. The minimum Gasteiger partial charge on any atom is -0.309 e. The maximum absolute atomic E-state index is 4.30. The number of hydrogen-bond donors (Lipinski definition) is 1. The molecule has 0 radical (unpaired) electrons. The van der Waals surface area contributed by atoms with Gasteiger partial charge < -0.3 is 5.32 Å². The lowest BCUT2D eigenvalue weighted by atomic mass is 10.2. The molecule has 1 unspecified atom stereocenters. The molecule has 0 aliphatic carbocycles. The van der Waals surface area contributed by atoms with E-state index >= 15 is 0 Å². The summed E-state index contributed by atoms with van der Waals surface area (Å²) in [5.74, 6) is 0. The van der Waals surface area contributed by atoms with Gasteiger partial charge in [-0.05, 0) is 33.4 Å². The van der Waals surface area contributed by atoms with Crippen molar-refractivity contribution in [3.63, 3.8) is 0 Å². The van der Waals surface area contributed by atoms with Gasteiger partial charge in [0.2, 0.25) is 0 Å². The average Bonchev–Trinajstić information content (AvgIpc) is 2.52. The van der Waals surface area contributed by atoms with E-state index in [2.05, 4.69) is 48.9 Å². The Bertz CT molecular complexity index is 252. The molecular formula is C10H19N3. The van der Waals surface area contributed by atoms with E-state index < -0.39 is 0 Å². The molecule has 0 bridgehead atoms. The molecule has 74 valence electrons. The molecule has 1 heterocycles. The van der Waals surface area contributed by atoms with Gasteiger partial charge in [-0.15, -0.1) is 0 Å². The van der Waals surface area contributed by atoms with E-state index in [0.717, 1.165) is 6.54 Å². The molecule has 3 heteroatoms. The van der Waals surface area contributed by atoms with Gasteiger partial charge in [0.25, 0.3) is 0 Å². The molecule has 1 aromatic heterocycles. The van der Waals surface area contributed by atoms with Crippen LogP contribution < -0.4 is 5.32 Å². The zero-order valence-electron chi connectivity index (χ0n) is 8.91. The molecule has 0 saturated carbocycles. The normalized spacial score (nSPS) is 13.6. The Morgan fingerprint density at radius 1 is 1.46 bits per heavy atom. The van der Waals surface area contributed by atoms with Crippen molar-refractivity contribution >= 4 is 0 Å². The predicted octanol–water partition coefficient (Wildman–Crippen LogP) is 2.13. The third-order valence-corrected chi connectivity index (χ3v) is 2.14. The summed E-state index contributed by atoms with van der Waals surface area (Å²) in [4.78, 5) is 0. The zero-order valence-corrected chi connectivity index (χ0v) is 8.91. The van der Waals surface area contributed by atoms with Crippen molar-refractivity contribution in [2.75, 3.05) is 6.54 Å². The molecule has 0 saturated heterocycles. The first-order valence-electron chi connectivity index (χ1n) is 4.93. The van der Waals surface area contributed by atoms with E-state index in [1.807, 2.05) is 6.20 Å². The van der Waals surface area contributed by atoms with E-state index in [0.29, 0.717) is 12.1 Å². The second kappa shape index (κ2) is 4.42. The van der Waals surface area contributed by atoms with Crippen LogP contribution in [0.15, 0.2) is 12.3 Å². The maximum Gasteiger partial charge on any atom is 0.0553 e. The smallest absolute Gasteiger partial charge is 0.0553 e. The molecule has 0 aromatic carbocycles. The molecule has 1 rings (SSSR count). The topological polar surface area (TPSA) is 29.9 Å². The zero-order chi connectivity index (χ0) is 9.84. The largest absolute Gasteiger partial charge is 0.309 e. The van der Waals surface area contributed by atoms with Crippen molar-refractivity contribution in [1.82, 2.24) is 15.1 Å². The van der Waals surface area contributed by atoms with Crippen LogP contribution in [0, 0.1) is 0 Å². The van der Waals surface area contributed by atoms with Gasteiger partial charge in [-0.3, -0.25) is 4.68 Å². The minimum absolute atomic E-state index is 0.384. The van der Waals surface area contributed by atoms with Crippen LogP contribution in [-0.2, 0) is 0 Å². The highest BCUT2D eigenvalue weighted by molar-refractivity contribution is 5.06. The fraction of sp³-hybridized carbons (Fsp3) is 0.700. The molecule has 1 aromatic rings.